The summed E-state index contributed by atoms with van der Waals surface area (Å²) in [6.45, 7) is 7.76. The molecule has 1 aromatic rings. The molecule has 0 unspecified atom stereocenters. The Morgan fingerprint density at radius 2 is 1.87 bits per heavy atom. The number of methoxy groups -OCH3 is 1. The average molecular weight is 226 g/mol. The maximum absolute atomic E-state index is 11.8. The van der Waals surface area contributed by atoms with E-state index in [9.17, 15) is 4.57 Å². The number of ether oxygens (including phenoxy) is 1. The molecule has 3 heteroatoms. The van der Waals surface area contributed by atoms with E-state index in [1.165, 1.54) is 11.1 Å². The first-order valence-electron chi connectivity index (χ1n) is 5.01. The molecule has 1 aromatic carbocycles. The second-order valence-electron chi connectivity index (χ2n) is 4.46. The molecule has 15 heavy (non-hydrogen) atoms. The number of benzene rings is 1. The van der Waals surface area contributed by atoms with Crippen LogP contribution in [-0.4, -0.2) is 20.4 Å². The Hall–Kier alpha value is -0.750. The molecule has 0 aliphatic carbocycles. The molecule has 1 rings (SSSR count). The van der Waals surface area contributed by atoms with Crippen LogP contribution >= 0.6 is 7.14 Å². The van der Waals surface area contributed by atoms with Gasteiger partial charge in [0, 0.05) is 6.16 Å². The van der Waals surface area contributed by atoms with Gasteiger partial charge >= 0.3 is 0 Å². The molecule has 0 radical (unpaired) electrons. The lowest BCUT2D eigenvalue weighted by Gasteiger charge is -2.13. The maximum Gasteiger partial charge on any atom is 0.119 e. The average Bonchev–Trinajstić information content (AvgIpc) is 2.10. The van der Waals surface area contributed by atoms with Crippen molar-refractivity contribution in [2.24, 2.45) is 0 Å². The standard InChI is InChI=1S/C12H19O2P/c1-9-6-12(14-3)7-11(10(9)2)8-15(4,5)13/h6-7H,8H2,1-5H3. The lowest BCUT2D eigenvalue weighted by atomic mass is 10.0. The number of hydrogen-bond acceptors (Lipinski definition) is 2. The van der Waals surface area contributed by atoms with Crippen molar-refractivity contribution in [3.05, 3.63) is 28.8 Å². The summed E-state index contributed by atoms with van der Waals surface area (Å²) in [5.41, 5.74) is 3.55. The molecule has 0 spiro atoms. The fourth-order valence-electron chi connectivity index (χ4n) is 1.59. The van der Waals surface area contributed by atoms with Gasteiger partial charge in [0.15, 0.2) is 0 Å². The summed E-state index contributed by atoms with van der Waals surface area (Å²) in [5, 5.41) is 0. The van der Waals surface area contributed by atoms with Gasteiger partial charge in [0.05, 0.1) is 14.3 Å². The first-order valence-corrected chi connectivity index (χ1v) is 7.80. The summed E-state index contributed by atoms with van der Waals surface area (Å²) < 4.78 is 17.0. The van der Waals surface area contributed by atoms with Gasteiger partial charge in [0.2, 0.25) is 0 Å². The minimum Gasteiger partial charge on any atom is -0.497 e. The molecule has 2 nitrogen and oxygen atoms in total. The smallest absolute Gasteiger partial charge is 0.119 e. The van der Waals surface area contributed by atoms with Crippen molar-refractivity contribution in [1.82, 2.24) is 0 Å². The van der Waals surface area contributed by atoms with E-state index in [4.69, 9.17) is 4.74 Å². The molecule has 0 saturated heterocycles. The van der Waals surface area contributed by atoms with Gasteiger partial charge in [-0.1, -0.05) is 0 Å². The third kappa shape index (κ3) is 3.39. The van der Waals surface area contributed by atoms with E-state index in [0.717, 1.165) is 11.3 Å². The predicted octanol–water partition coefficient (Wildman–Crippen LogP) is 3.43. The van der Waals surface area contributed by atoms with Crippen molar-refractivity contribution in [3.8, 4) is 5.75 Å². The van der Waals surface area contributed by atoms with Crippen LogP contribution in [-0.2, 0) is 10.7 Å². The quantitative estimate of drug-likeness (QED) is 0.738. The fourth-order valence-corrected chi connectivity index (χ4v) is 2.74. The molecule has 0 amide bonds. The second kappa shape index (κ2) is 4.40. The zero-order chi connectivity index (χ0) is 11.6. The largest absolute Gasteiger partial charge is 0.497 e. The number of hydrogen-bond donors (Lipinski definition) is 0. The van der Waals surface area contributed by atoms with Gasteiger partial charge in [-0.25, -0.2) is 0 Å². The van der Waals surface area contributed by atoms with E-state index in [2.05, 4.69) is 13.8 Å². The van der Waals surface area contributed by atoms with Gasteiger partial charge in [0.25, 0.3) is 0 Å². The van der Waals surface area contributed by atoms with Crippen LogP contribution in [0.15, 0.2) is 12.1 Å². The highest BCUT2D eigenvalue weighted by atomic mass is 31.2. The zero-order valence-corrected chi connectivity index (χ0v) is 11.0. The van der Waals surface area contributed by atoms with E-state index in [-0.39, 0.29) is 0 Å². The monoisotopic (exact) mass is 226 g/mol. The first-order chi connectivity index (χ1) is 6.83. The summed E-state index contributed by atoms with van der Waals surface area (Å²) in [5.74, 6) is 0.849. The molecule has 0 N–H and O–H groups in total. The Balaban J connectivity index is 3.16. The van der Waals surface area contributed by atoms with Gasteiger partial charge in [-0.3, -0.25) is 0 Å². The Morgan fingerprint density at radius 3 is 2.33 bits per heavy atom. The molecule has 84 valence electrons. The van der Waals surface area contributed by atoms with Crippen LogP contribution in [0.5, 0.6) is 5.75 Å². The van der Waals surface area contributed by atoms with Crippen LogP contribution in [0.3, 0.4) is 0 Å². The Bertz CT molecular complexity index is 404. The van der Waals surface area contributed by atoms with Crippen LogP contribution in [0.25, 0.3) is 0 Å². The van der Waals surface area contributed by atoms with Crippen molar-refractivity contribution in [1.29, 1.82) is 0 Å². The summed E-state index contributed by atoms with van der Waals surface area (Å²) in [6.07, 6.45) is 0.650. The van der Waals surface area contributed by atoms with E-state index in [1.54, 1.807) is 7.11 Å². The molecule has 0 aromatic heterocycles. The van der Waals surface area contributed by atoms with E-state index in [1.807, 2.05) is 25.5 Å². The third-order valence-electron chi connectivity index (χ3n) is 2.54. The summed E-state index contributed by atoms with van der Waals surface area (Å²) in [4.78, 5) is 0. The SMILES string of the molecule is COc1cc(C)c(C)c(CP(C)(C)=O)c1. The fraction of sp³-hybridized carbons (Fsp3) is 0.500. The molecule has 0 atom stereocenters. The molecule has 0 aliphatic rings. The van der Waals surface area contributed by atoms with E-state index < -0.39 is 7.14 Å². The first kappa shape index (κ1) is 12.3. The normalized spacial score (nSPS) is 11.5. The van der Waals surface area contributed by atoms with Crippen LogP contribution in [0.2, 0.25) is 0 Å². The highest BCUT2D eigenvalue weighted by Crippen LogP contribution is 2.42. The summed E-state index contributed by atoms with van der Waals surface area (Å²) in [6, 6.07) is 4.00. The minimum atomic E-state index is -2.02. The zero-order valence-electron chi connectivity index (χ0n) is 10.1. The summed E-state index contributed by atoms with van der Waals surface area (Å²) in [7, 11) is -0.362. The van der Waals surface area contributed by atoms with Gasteiger partial charge in [0.1, 0.15) is 5.75 Å². The highest BCUT2D eigenvalue weighted by molar-refractivity contribution is 7.61. The third-order valence-corrected chi connectivity index (χ3v) is 3.64. The number of rotatable bonds is 3. The maximum atomic E-state index is 11.8. The molecule has 0 fully saturated rings. The van der Waals surface area contributed by atoms with Crippen LogP contribution in [0, 0.1) is 13.8 Å². The van der Waals surface area contributed by atoms with E-state index >= 15 is 0 Å². The summed E-state index contributed by atoms with van der Waals surface area (Å²) >= 11 is 0. The topological polar surface area (TPSA) is 26.3 Å². The Morgan fingerprint density at radius 1 is 1.27 bits per heavy atom. The van der Waals surface area contributed by atoms with Crippen LogP contribution in [0.1, 0.15) is 16.7 Å². The Labute approximate surface area is 92.0 Å². The predicted molar refractivity (Wildman–Crippen MR) is 65.6 cm³/mol. The lowest BCUT2D eigenvalue weighted by molar-refractivity contribution is 0.414. The molecule has 0 bridgehead atoms. The molecule has 0 aliphatic heterocycles. The van der Waals surface area contributed by atoms with Crippen molar-refractivity contribution >= 4 is 7.14 Å². The molecular weight excluding hydrogens is 207 g/mol. The van der Waals surface area contributed by atoms with Crippen molar-refractivity contribution in [2.45, 2.75) is 20.0 Å². The molecular formula is C12H19O2P. The van der Waals surface area contributed by atoms with Gasteiger partial charge in [-0.2, -0.15) is 0 Å². The Kier molecular flexibility index (Phi) is 3.62. The minimum absolute atomic E-state index is 0.650. The van der Waals surface area contributed by atoms with Crippen molar-refractivity contribution in [2.75, 3.05) is 20.4 Å². The second-order valence-corrected chi connectivity index (χ2v) is 7.92. The van der Waals surface area contributed by atoms with Gasteiger partial charge < -0.3 is 9.30 Å². The van der Waals surface area contributed by atoms with E-state index in [0.29, 0.717) is 6.16 Å². The molecule has 0 heterocycles. The van der Waals surface area contributed by atoms with Crippen molar-refractivity contribution in [3.63, 3.8) is 0 Å². The van der Waals surface area contributed by atoms with Gasteiger partial charge in [-0.05, 0) is 56.0 Å². The van der Waals surface area contributed by atoms with Crippen LogP contribution in [0.4, 0.5) is 0 Å². The van der Waals surface area contributed by atoms with Gasteiger partial charge in [-0.15, -0.1) is 0 Å². The van der Waals surface area contributed by atoms with Crippen molar-refractivity contribution < 1.29 is 9.30 Å². The van der Waals surface area contributed by atoms with Crippen LogP contribution < -0.4 is 4.74 Å². The lowest BCUT2D eigenvalue weighted by Crippen LogP contribution is -1.95. The molecule has 0 saturated carbocycles. The number of aryl methyl sites for hydroxylation is 1. The highest BCUT2D eigenvalue weighted by Gasteiger charge is 2.12.